The SMILES string of the molecule is COc1cc(/C=N/n2c(-c3ccccc3Cl)n[nH]c2=S)ccc1OCc1ccccc1. The Hall–Kier alpha value is -3.42. The molecule has 0 saturated heterocycles. The summed E-state index contributed by atoms with van der Waals surface area (Å²) in [5, 5.41) is 12.1. The first-order valence-electron chi connectivity index (χ1n) is 9.47. The van der Waals surface area contributed by atoms with Crippen molar-refractivity contribution in [2.45, 2.75) is 6.61 Å². The van der Waals surface area contributed by atoms with Gasteiger partial charge >= 0.3 is 0 Å². The maximum Gasteiger partial charge on any atom is 0.216 e. The fourth-order valence-electron chi connectivity index (χ4n) is 2.96. The van der Waals surface area contributed by atoms with E-state index in [-0.39, 0.29) is 0 Å². The lowest BCUT2D eigenvalue weighted by Gasteiger charge is -2.11. The van der Waals surface area contributed by atoms with Crippen molar-refractivity contribution >= 4 is 30.0 Å². The summed E-state index contributed by atoms with van der Waals surface area (Å²) in [6.45, 7) is 0.454. The average molecular weight is 451 g/mol. The fraction of sp³-hybridized carbons (Fsp3) is 0.0870. The molecule has 8 heteroatoms. The maximum atomic E-state index is 6.30. The summed E-state index contributed by atoms with van der Waals surface area (Å²) in [6, 6.07) is 22.9. The Bertz CT molecular complexity index is 1270. The van der Waals surface area contributed by atoms with Crippen LogP contribution in [0.15, 0.2) is 77.9 Å². The summed E-state index contributed by atoms with van der Waals surface area (Å²) in [5.74, 6) is 1.80. The van der Waals surface area contributed by atoms with Crippen molar-refractivity contribution in [2.24, 2.45) is 5.10 Å². The zero-order valence-electron chi connectivity index (χ0n) is 16.7. The molecule has 0 radical (unpaired) electrons. The summed E-state index contributed by atoms with van der Waals surface area (Å²) in [5.41, 5.74) is 2.63. The molecule has 0 fully saturated rings. The maximum absolute atomic E-state index is 6.30. The first kappa shape index (κ1) is 20.8. The minimum absolute atomic E-state index is 0.362. The predicted molar refractivity (Wildman–Crippen MR) is 125 cm³/mol. The van der Waals surface area contributed by atoms with Gasteiger partial charge in [0.1, 0.15) is 6.61 Å². The van der Waals surface area contributed by atoms with Crippen molar-refractivity contribution in [3.63, 3.8) is 0 Å². The van der Waals surface area contributed by atoms with Gasteiger partial charge in [0, 0.05) is 5.56 Å². The Morgan fingerprint density at radius 2 is 1.84 bits per heavy atom. The molecule has 156 valence electrons. The van der Waals surface area contributed by atoms with Gasteiger partial charge in [0.25, 0.3) is 0 Å². The second kappa shape index (κ2) is 9.59. The van der Waals surface area contributed by atoms with Crippen molar-refractivity contribution in [3.8, 4) is 22.9 Å². The first-order valence-corrected chi connectivity index (χ1v) is 10.3. The predicted octanol–water partition coefficient (Wildman–Crippen LogP) is 5.73. The van der Waals surface area contributed by atoms with E-state index in [0.717, 1.165) is 16.7 Å². The van der Waals surface area contributed by atoms with Crippen molar-refractivity contribution in [1.82, 2.24) is 14.9 Å². The van der Waals surface area contributed by atoms with E-state index < -0.39 is 0 Å². The summed E-state index contributed by atoms with van der Waals surface area (Å²) in [4.78, 5) is 0. The Morgan fingerprint density at radius 3 is 2.61 bits per heavy atom. The van der Waals surface area contributed by atoms with E-state index in [0.29, 0.717) is 33.7 Å². The molecule has 4 aromatic rings. The second-order valence-corrected chi connectivity index (χ2v) is 7.37. The van der Waals surface area contributed by atoms with Crippen molar-refractivity contribution in [2.75, 3.05) is 7.11 Å². The van der Waals surface area contributed by atoms with Gasteiger partial charge in [-0.2, -0.15) is 14.9 Å². The molecule has 0 saturated carbocycles. The molecule has 1 aromatic heterocycles. The summed E-state index contributed by atoms with van der Waals surface area (Å²) in [7, 11) is 1.60. The van der Waals surface area contributed by atoms with E-state index in [1.165, 1.54) is 4.68 Å². The van der Waals surface area contributed by atoms with E-state index in [1.807, 2.05) is 66.7 Å². The third-order valence-electron chi connectivity index (χ3n) is 4.51. The van der Waals surface area contributed by atoms with Crippen LogP contribution >= 0.6 is 23.8 Å². The lowest BCUT2D eigenvalue weighted by molar-refractivity contribution is 0.284. The van der Waals surface area contributed by atoms with E-state index in [4.69, 9.17) is 33.3 Å². The quantitative estimate of drug-likeness (QED) is 0.288. The molecule has 1 heterocycles. The van der Waals surface area contributed by atoms with Gasteiger partial charge < -0.3 is 9.47 Å². The molecular formula is C23H19ClN4O2S. The normalized spacial score (nSPS) is 11.0. The van der Waals surface area contributed by atoms with Gasteiger partial charge in [-0.1, -0.05) is 54.1 Å². The van der Waals surface area contributed by atoms with Gasteiger partial charge in [0.15, 0.2) is 17.3 Å². The molecule has 3 aromatic carbocycles. The number of ether oxygens (including phenoxy) is 2. The standard InChI is InChI=1S/C23H19ClN4O2S/c1-29-21-13-17(11-12-20(21)30-15-16-7-3-2-4-8-16)14-25-28-22(26-27-23(28)31)18-9-5-6-10-19(18)24/h2-14H,15H2,1H3,(H,27,31)/b25-14+. The van der Waals surface area contributed by atoms with Crippen LogP contribution in [0.2, 0.25) is 5.02 Å². The smallest absolute Gasteiger partial charge is 0.216 e. The highest BCUT2D eigenvalue weighted by Gasteiger charge is 2.11. The minimum Gasteiger partial charge on any atom is -0.493 e. The van der Waals surface area contributed by atoms with Gasteiger partial charge in [-0.15, -0.1) is 0 Å². The van der Waals surface area contributed by atoms with Gasteiger partial charge in [0.05, 0.1) is 18.3 Å². The molecule has 31 heavy (non-hydrogen) atoms. The monoisotopic (exact) mass is 450 g/mol. The van der Waals surface area contributed by atoms with Crippen molar-refractivity contribution < 1.29 is 9.47 Å². The molecule has 0 unspecified atom stereocenters. The number of nitrogens with one attached hydrogen (secondary N) is 1. The summed E-state index contributed by atoms with van der Waals surface area (Å²) >= 11 is 11.6. The summed E-state index contributed by atoms with van der Waals surface area (Å²) in [6.07, 6.45) is 1.68. The van der Waals surface area contributed by atoms with Crippen LogP contribution in [0.5, 0.6) is 11.5 Å². The van der Waals surface area contributed by atoms with Crippen LogP contribution in [0.25, 0.3) is 11.4 Å². The molecule has 0 spiro atoms. The highest BCUT2D eigenvalue weighted by Crippen LogP contribution is 2.29. The largest absolute Gasteiger partial charge is 0.493 e. The van der Waals surface area contributed by atoms with Crippen LogP contribution in [-0.2, 0) is 6.61 Å². The van der Waals surface area contributed by atoms with Gasteiger partial charge in [-0.25, -0.2) is 5.10 Å². The average Bonchev–Trinajstić information content (AvgIpc) is 3.17. The van der Waals surface area contributed by atoms with E-state index in [2.05, 4.69) is 15.3 Å². The topological polar surface area (TPSA) is 64.4 Å². The number of nitrogens with zero attached hydrogens (tertiary/aromatic N) is 3. The third kappa shape index (κ3) is 4.84. The summed E-state index contributed by atoms with van der Waals surface area (Å²) < 4.78 is 13.3. The van der Waals surface area contributed by atoms with E-state index in [1.54, 1.807) is 19.4 Å². The van der Waals surface area contributed by atoms with Gasteiger partial charge in [-0.3, -0.25) is 0 Å². The van der Waals surface area contributed by atoms with Crippen LogP contribution in [0.3, 0.4) is 0 Å². The van der Waals surface area contributed by atoms with E-state index in [9.17, 15) is 0 Å². The number of hydrogen-bond donors (Lipinski definition) is 1. The molecule has 1 N–H and O–H groups in total. The van der Waals surface area contributed by atoms with Crippen LogP contribution < -0.4 is 9.47 Å². The highest BCUT2D eigenvalue weighted by atomic mass is 35.5. The lowest BCUT2D eigenvalue weighted by Crippen LogP contribution is -1.99. The number of methoxy groups -OCH3 is 1. The van der Waals surface area contributed by atoms with Crippen LogP contribution in [0.1, 0.15) is 11.1 Å². The lowest BCUT2D eigenvalue weighted by atomic mass is 10.2. The molecule has 0 bridgehead atoms. The first-order chi connectivity index (χ1) is 15.2. The molecule has 4 rings (SSSR count). The number of aromatic nitrogens is 3. The van der Waals surface area contributed by atoms with Gasteiger partial charge in [-0.05, 0) is 53.7 Å². The number of benzene rings is 3. The zero-order chi connectivity index (χ0) is 21.6. The Labute approximate surface area is 189 Å². The third-order valence-corrected chi connectivity index (χ3v) is 5.11. The molecule has 0 aliphatic rings. The zero-order valence-corrected chi connectivity index (χ0v) is 18.2. The number of aromatic amines is 1. The number of halogens is 1. The molecule has 6 nitrogen and oxygen atoms in total. The number of H-pyrrole nitrogens is 1. The highest BCUT2D eigenvalue weighted by molar-refractivity contribution is 7.71. The van der Waals surface area contributed by atoms with Crippen LogP contribution in [-0.4, -0.2) is 28.2 Å². The fourth-order valence-corrected chi connectivity index (χ4v) is 3.36. The van der Waals surface area contributed by atoms with E-state index >= 15 is 0 Å². The van der Waals surface area contributed by atoms with Gasteiger partial charge in [0.2, 0.25) is 4.77 Å². The molecule has 0 aliphatic carbocycles. The van der Waals surface area contributed by atoms with Crippen LogP contribution in [0.4, 0.5) is 0 Å². The Morgan fingerprint density at radius 1 is 1.06 bits per heavy atom. The number of rotatable bonds is 7. The molecule has 0 amide bonds. The molecule has 0 atom stereocenters. The van der Waals surface area contributed by atoms with Crippen molar-refractivity contribution in [3.05, 3.63) is 93.7 Å². The Kier molecular flexibility index (Phi) is 6.45. The molecule has 0 aliphatic heterocycles. The van der Waals surface area contributed by atoms with Crippen molar-refractivity contribution in [1.29, 1.82) is 0 Å². The second-order valence-electron chi connectivity index (χ2n) is 6.57. The molecular weight excluding hydrogens is 432 g/mol. The Balaban J connectivity index is 1.57. The number of hydrogen-bond acceptors (Lipinski definition) is 5. The van der Waals surface area contributed by atoms with Crippen LogP contribution in [0, 0.1) is 4.77 Å². The minimum atomic E-state index is 0.362.